The largest absolute Gasteiger partial charge is 0.396 e. The van der Waals surface area contributed by atoms with Crippen molar-refractivity contribution in [1.82, 2.24) is 9.55 Å². The summed E-state index contributed by atoms with van der Waals surface area (Å²) in [6, 6.07) is 0. The quantitative estimate of drug-likeness (QED) is 0.720. The average Bonchev–Trinajstić information content (AvgIpc) is 2.37. The van der Waals surface area contributed by atoms with Gasteiger partial charge in [0.25, 0.3) is 0 Å². The highest BCUT2D eigenvalue weighted by Gasteiger charge is 2.06. The molecule has 0 bridgehead atoms. The Balaban J connectivity index is 2.46. The average molecular weight is 186 g/mol. The van der Waals surface area contributed by atoms with E-state index in [0.29, 0.717) is 5.25 Å². The summed E-state index contributed by atoms with van der Waals surface area (Å²) in [6.07, 6.45) is 4.53. The van der Waals surface area contributed by atoms with Gasteiger partial charge >= 0.3 is 0 Å². The summed E-state index contributed by atoms with van der Waals surface area (Å²) in [7, 11) is 1.97. The minimum atomic E-state index is 0.249. The Kier molecular flexibility index (Phi) is 3.62. The molecule has 0 aliphatic rings. The van der Waals surface area contributed by atoms with E-state index in [9.17, 15) is 0 Å². The molecule has 0 radical (unpaired) electrons. The van der Waals surface area contributed by atoms with E-state index >= 15 is 0 Å². The highest BCUT2D eigenvalue weighted by atomic mass is 32.2. The maximum absolute atomic E-state index is 8.69. The molecule has 3 nitrogen and oxygen atoms in total. The van der Waals surface area contributed by atoms with Crippen molar-refractivity contribution in [2.24, 2.45) is 7.05 Å². The number of aryl methyl sites for hydroxylation is 1. The lowest BCUT2D eigenvalue weighted by Crippen LogP contribution is -2.01. The molecule has 1 rings (SSSR count). The van der Waals surface area contributed by atoms with Crippen molar-refractivity contribution in [2.45, 2.75) is 23.8 Å². The van der Waals surface area contributed by atoms with Crippen molar-refractivity contribution in [2.75, 3.05) is 6.61 Å². The number of aromatic nitrogens is 2. The van der Waals surface area contributed by atoms with Gasteiger partial charge in [-0.2, -0.15) is 0 Å². The molecule has 1 aromatic rings. The predicted octanol–water partition coefficient (Wildman–Crippen LogP) is 1.28. The molecular formula is C8H14N2OS. The number of aliphatic hydroxyl groups is 1. The number of hydrogen-bond donors (Lipinski definition) is 1. The van der Waals surface area contributed by atoms with Crippen LogP contribution in [0.1, 0.15) is 13.3 Å². The van der Waals surface area contributed by atoms with E-state index in [1.807, 2.05) is 17.8 Å². The summed E-state index contributed by atoms with van der Waals surface area (Å²) >= 11 is 1.69. The minimum absolute atomic E-state index is 0.249. The van der Waals surface area contributed by atoms with E-state index in [0.717, 1.165) is 11.6 Å². The van der Waals surface area contributed by atoms with E-state index in [1.54, 1.807) is 18.0 Å². The lowest BCUT2D eigenvalue weighted by Gasteiger charge is -2.07. The maximum Gasteiger partial charge on any atom is 0.167 e. The second kappa shape index (κ2) is 4.52. The normalized spacial score (nSPS) is 13.2. The number of aliphatic hydroxyl groups excluding tert-OH is 1. The lowest BCUT2D eigenvalue weighted by atomic mass is 10.4. The van der Waals surface area contributed by atoms with Crippen LogP contribution in [0.15, 0.2) is 17.6 Å². The molecular weight excluding hydrogens is 172 g/mol. The molecule has 0 aliphatic heterocycles. The monoisotopic (exact) mass is 186 g/mol. The van der Waals surface area contributed by atoms with Crippen molar-refractivity contribution >= 4 is 11.8 Å². The van der Waals surface area contributed by atoms with Gasteiger partial charge in [0.1, 0.15) is 0 Å². The smallest absolute Gasteiger partial charge is 0.167 e. The molecule has 0 aliphatic carbocycles. The SMILES string of the molecule is CC(CCO)Sc1nccn1C. The number of rotatable bonds is 4. The fraction of sp³-hybridized carbons (Fsp3) is 0.625. The van der Waals surface area contributed by atoms with E-state index in [-0.39, 0.29) is 6.61 Å². The van der Waals surface area contributed by atoms with Crippen LogP contribution in [0.25, 0.3) is 0 Å². The second-order valence-electron chi connectivity index (χ2n) is 2.76. The van der Waals surface area contributed by atoms with Crippen LogP contribution in [0.3, 0.4) is 0 Å². The van der Waals surface area contributed by atoms with Gasteiger partial charge in [0.2, 0.25) is 0 Å². The van der Waals surface area contributed by atoms with Gasteiger partial charge in [0.15, 0.2) is 5.16 Å². The maximum atomic E-state index is 8.69. The Bertz CT molecular complexity index is 237. The number of nitrogens with zero attached hydrogens (tertiary/aromatic N) is 2. The predicted molar refractivity (Wildman–Crippen MR) is 50.2 cm³/mol. The molecule has 0 spiro atoms. The van der Waals surface area contributed by atoms with Crippen molar-refractivity contribution in [3.8, 4) is 0 Å². The molecule has 68 valence electrons. The van der Waals surface area contributed by atoms with Gasteiger partial charge in [-0.15, -0.1) is 0 Å². The molecule has 1 N–H and O–H groups in total. The van der Waals surface area contributed by atoms with Gasteiger partial charge in [-0.1, -0.05) is 18.7 Å². The zero-order valence-corrected chi connectivity index (χ0v) is 8.21. The Morgan fingerprint density at radius 1 is 1.75 bits per heavy atom. The molecule has 12 heavy (non-hydrogen) atoms. The molecule has 1 unspecified atom stereocenters. The summed E-state index contributed by atoms with van der Waals surface area (Å²) in [5.74, 6) is 0. The summed E-state index contributed by atoms with van der Waals surface area (Å²) in [6.45, 7) is 2.34. The molecule has 1 heterocycles. The summed E-state index contributed by atoms with van der Waals surface area (Å²) in [4.78, 5) is 4.18. The fourth-order valence-electron chi connectivity index (χ4n) is 0.886. The molecule has 0 fully saturated rings. The van der Waals surface area contributed by atoms with Crippen LogP contribution >= 0.6 is 11.8 Å². The first kappa shape index (κ1) is 9.61. The van der Waals surface area contributed by atoms with Crippen LogP contribution in [0.5, 0.6) is 0 Å². The third-order valence-electron chi connectivity index (χ3n) is 1.62. The van der Waals surface area contributed by atoms with Gasteiger partial charge in [0, 0.05) is 31.3 Å². The number of hydrogen-bond acceptors (Lipinski definition) is 3. The standard InChI is InChI=1S/C8H14N2OS/c1-7(3-6-11)12-8-9-4-5-10(8)2/h4-5,7,11H,3,6H2,1-2H3. The topological polar surface area (TPSA) is 38.1 Å². The minimum Gasteiger partial charge on any atom is -0.396 e. The Labute approximate surface area is 76.8 Å². The summed E-state index contributed by atoms with van der Waals surface area (Å²) in [5.41, 5.74) is 0. The zero-order chi connectivity index (χ0) is 8.97. The van der Waals surface area contributed by atoms with Crippen molar-refractivity contribution in [1.29, 1.82) is 0 Å². The molecule has 0 amide bonds. The Morgan fingerprint density at radius 2 is 2.50 bits per heavy atom. The van der Waals surface area contributed by atoms with Crippen LogP contribution in [-0.4, -0.2) is 26.5 Å². The first-order valence-corrected chi connectivity index (χ1v) is 4.87. The van der Waals surface area contributed by atoms with Gasteiger partial charge < -0.3 is 9.67 Å². The Hall–Kier alpha value is -0.480. The fourth-order valence-corrected chi connectivity index (χ4v) is 1.82. The molecule has 0 saturated carbocycles. The first-order chi connectivity index (χ1) is 5.74. The molecule has 1 atom stereocenters. The van der Waals surface area contributed by atoms with Crippen molar-refractivity contribution in [3.05, 3.63) is 12.4 Å². The van der Waals surface area contributed by atoms with E-state index in [4.69, 9.17) is 5.11 Å². The number of imidazole rings is 1. The highest BCUT2D eigenvalue weighted by molar-refractivity contribution is 7.99. The molecule has 1 aromatic heterocycles. The van der Waals surface area contributed by atoms with E-state index < -0.39 is 0 Å². The zero-order valence-electron chi connectivity index (χ0n) is 7.40. The summed E-state index contributed by atoms with van der Waals surface area (Å²) < 4.78 is 1.98. The van der Waals surface area contributed by atoms with E-state index in [1.165, 1.54) is 0 Å². The Morgan fingerprint density at radius 3 is 3.00 bits per heavy atom. The first-order valence-electron chi connectivity index (χ1n) is 3.99. The molecule has 0 saturated heterocycles. The van der Waals surface area contributed by atoms with Crippen molar-refractivity contribution in [3.63, 3.8) is 0 Å². The van der Waals surface area contributed by atoms with Crippen molar-refractivity contribution < 1.29 is 5.11 Å². The van der Waals surface area contributed by atoms with Gasteiger partial charge in [0.05, 0.1) is 0 Å². The lowest BCUT2D eigenvalue weighted by molar-refractivity contribution is 0.289. The van der Waals surface area contributed by atoms with Gasteiger partial charge in [-0.05, 0) is 6.42 Å². The molecule has 0 aromatic carbocycles. The highest BCUT2D eigenvalue weighted by Crippen LogP contribution is 2.22. The van der Waals surface area contributed by atoms with Gasteiger partial charge in [-0.25, -0.2) is 4.98 Å². The summed E-state index contributed by atoms with van der Waals surface area (Å²) in [5, 5.41) is 10.1. The van der Waals surface area contributed by atoms with Crippen LogP contribution in [-0.2, 0) is 7.05 Å². The van der Waals surface area contributed by atoms with Gasteiger partial charge in [-0.3, -0.25) is 0 Å². The van der Waals surface area contributed by atoms with Crippen LogP contribution in [0, 0.1) is 0 Å². The molecule has 4 heteroatoms. The van der Waals surface area contributed by atoms with Crippen LogP contribution in [0.4, 0.5) is 0 Å². The van der Waals surface area contributed by atoms with E-state index in [2.05, 4.69) is 11.9 Å². The second-order valence-corrected chi connectivity index (χ2v) is 4.17. The third-order valence-corrected chi connectivity index (χ3v) is 2.86. The number of thioether (sulfide) groups is 1. The van der Waals surface area contributed by atoms with Crippen LogP contribution in [0.2, 0.25) is 0 Å². The third kappa shape index (κ3) is 2.53. The van der Waals surface area contributed by atoms with Crippen LogP contribution < -0.4 is 0 Å².